The first-order valence-electron chi connectivity index (χ1n) is 5.21. The summed E-state index contributed by atoms with van der Waals surface area (Å²) in [5, 5.41) is 10.8. The summed E-state index contributed by atoms with van der Waals surface area (Å²) in [5.74, 6) is -0.282. The van der Waals surface area contributed by atoms with Gasteiger partial charge in [-0.25, -0.2) is 0 Å². The van der Waals surface area contributed by atoms with Crippen LogP contribution >= 0.6 is 43.2 Å². The Morgan fingerprint density at radius 1 is 1.40 bits per heavy atom. The third-order valence-electron chi connectivity index (χ3n) is 2.39. The molecule has 2 rings (SSSR count). The fourth-order valence-electron chi connectivity index (χ4n) is 1.53. The van der Waals surface area contributed by atoms with Crippen LogP contribution in [-0.4, -0.2) is 15.3 Å². The molecule has 0 N–H and O–H groups in total. The van der Waals surface area contributed by atoms with Gasteiger partial charge in [-0.1, -0.05) is 0 Å². The Labute approximate surface area is 133 Å². The molecule has 0 aliphatic heterocycles. The van der Waals surface area contributed by atoms with Gasteiger partial charge in [-0.3, -0.25) is 19.7 Å². The second-order valence-corrected chi connectivity index (χ2v) is 7.14. The average Bonchev–Trinajstić information content (AvgIpc) is 2.79. The molecule has 2 aromatic heterocycles. The fraction of sp³-hybridized carbons (Fsp3) is 0.0909. The van der Waals surface area contributed by atoms with E-state index >= 15 is 0 Å². The first-order valence-corrected chi connectivity index (χ1v) is 7.61. The molecule has 6 nitrogen and oxygen atoms in total. The fourth-order valence-corrected chi connectivity index (χ4v) is 3.31. The zero-order valence-electron chi connectivity index (χ0n) is 9.71. The first kappa shape index (κ1) is 15.1. The summed E-state index contributed by atoms with van der Waals surface area (Å²) in [4.78, 5) is 34.4. The Hall–Kier alpha value is -1.32. The largest absolute Gasteiger partial charge is 0.335 e. The monoisotopic (exact) mass is 420 g/mol. The van der Waals surface area contributed by atoms with Crippen LogP contribution in [0.5, 0.6) is 0 Å². The van der Waals surface area contributed by atoms with Crippen molar-refractivity contribution in [1.29, 1.82) is 0 Å². The lowest BCUT2D eigenvalue weighted by molar-refractivity contribution is -0.386. The molecular weight excluding hydrogens is 416 g/mol. The number of hydrogen-bond acceptors (Lipinski definition) is 5. The number of aromatic nitrogens is 1. The SMILES string of the molecule is O=C(Cn1cc(Br)cc([N+](=O)[O-])c1=O)c1ccc(Br)s1. The van der Waals surface area contributed by atoms with Gasteiger partial charge < -0.3 is 4.57 Å². The minimum Gasteiger partial charge on any atom is -0.301 e. The van der Waals surface area contributed by atoms with Gasteiger partial charge in [-0.2, -0.15) is 0 Å². The van der Waals surface area contributed by atoms with Crippen LogP contribution in [0.2, 0.25) is 0 Å². The highest BCUT2D eigenvalue weighted by Crippen LogP contribution is 2.23. The molecular formula is C11H6Br2N2O4S. The van der Waals surface area contributed by atoms with Crippen molar-refractivity contribution in [2.45, 2.75) is 6.54 Å². The number of carbonyl (C=O) groups is 1. The number of hydrogen-bond donors (Lipinski definition) is 0. The molecule has 0 fully saturated rings. The van der Waals surface area contributed by atoms with Crippen molar-refractivity contribution in [3.05, 3.63) is 58.0 Å². The van der Waals surface area contributed by atoms with E-state index in [0.29, 0.717) is 9.35 Å². The molecule has 0 saturated carbocycles. The molecule has 104 valence electrons. The van der Waals surface area contributed by atoms with E-state index in [-0.39, 0.29) is 12.3 Å². The van der Waals surface area contributed by atoms with Gasteiger partial charge in [-0.05, 0) is 44.0 Å². The Bertz CT molecular complexity index is 753. The maximum atomic E-state index is 12.0. The van der Waals surface area contributed by atoms with Gasteiger partial charge in [0.2, 0.25) is 0 Å². The molecule has 2 heterocycles. The molecule has 2 aromatic rings. The Kier molecular flexibility index (Phi) is 4.51. The van der Waals surface area contributed by atoms with Crippen molar-refractivity contribution in [2.75, 3.05) is 0 Å². The van der Waals surface area contributed by atoms with E-state index in [4.69, 9.17) is 0 Å². The lowest BCUT2D eigenvalue weighted by Gasteiger charge is -2.04. The van der Waals surface area contributed by atoms with Gasteiger partial charge in [0.15, 0.2) is 5.78 Å². The highest BCUT2D eigenvalue weighted by atomic mass is 79.9. The van der Waals surface area contributed by atoms with Gasteiger partial charge in [0.25, 0.3) is 0 Å². The van der Waals surface area contributed by atoms with Crippen molar-refractivity contribution in [3.8, 4) is 0 Å². The Morgan fingerprint density at radius 2 is 2.10 bits per heavy atom. The summed E-state index contributed by atoms with van der Waals surface area (Å²) in [7, 11) is 0. The van der Waals surface area contributed by atoms with E-state index < -0.39 is 16.2 Å². The third kappa shape index (κ3) is 3.22. The number of pyridine rings is 1. The van der Waals surface area contributed by atoms with E-state index in [0.717, 1.165) is 14.4 Å². The number of nitro groups is 1. The average molecular weight is 422 g/mol. The van der Waals surface area contributed by atoms with E-state index in [9.17, 15) is 19.7 Å². The molecule has 20 heavy (non-hydrogen) atoms. The van der Waals surface area contributed by atoms with E-state index in [1.54, 1.807) is 12.1 Å². The quantitative estimate of drug-likeness (QED) is 0.431. The van der Waals surface area contributed by atoms with Crippen LogP contribution in [0.1, 0.15) is 9.67 Å². The number of rotatable bonds is 4. The van der Waals surface area contributed by atoms with Crippen LogP contribution < -0.4 is 5.56 Å². The Morgan fingerprint density at radius 3 is 2.65 bits per heavy atom. The maximum absolute atomic E-state index is 12.0. The number of Topliss-reactive ketones (excluding diaryl/α,β-unsaturated/α-hetero) is 1. The number of halogens is 2. The number of carbonyl (C=O) groups excluding carboxylic acids is 1. The summed E-state index contributed by atoms with van der Waals surface area (Å²) in [5.41, 5.74) is -1.37. The van der Waals surface area contributed by atoms with Gasteiger partial charge in [-0.15, -0.1) is 11.3 Å². The number of ketones is 1. The van der Waals surface area contributed by atoms with Crippen LogP contribution in [0.4, 0.5) is 5.69 Å². The van der Waals surface area contributed by atoms with Crippen molar-refractivity contribution < 1.29 is 9.72 Å². The molecule has 0 unspecified atom stereocenters. The summed E-state index contributed by atoms with van der Waals surface area (Å²) >= 11 is 7.57. The highest BCUT2D eigenvalue weighted by Gasteiger charge is 2.18. The van der Waals surface area contributed by atoms with E-state index in [1.807, 2.05) is 0 Å². The summed E-state index contributed by atoms with van der Waals surface area (Å²) < 4.78 is 2.19. The zero-order chi connectivity index (χ0) is 14.9. The van der Waals surface area contributed by atoms with Crippen molar-refractivity contribution >= 4 is 54.7 Å². The van der Waals surface area contributed by atoms with Crippen LogP contribution in [0, 0.1) is 10.1 Å². The molecule has 0 saturated heterocycles. The molecule has 0 aromatic carbocycles. The van der Waals surface area contributed by atoms with Crippen LogP contribution in [-0.2, 0) is 6.54 Å². The van der Waals surface area contributed by atoms with E-state index in [1.165, 1.54) is 17.5 Å². The molecule has 0 aliphatic carbocycles. The lowest BCUT2D eigenvalue weighted by Crippen LogP contribution is -2.25. The summed E-state index contributed by atoms with van der Waals surface area (Å²) in [6, 6.07) is 4.48. The number of nitrogens with zero attached hydrogens (tertiary/aromatic N) is 2. The third-order valence-corrected chi connectivity index (χ3v) is 4.49. The minimum absolute atomic E-state index is 0.244. The van der Waals surface area contributed by atoms with Crippen molar-refractivity contribution in [2.24, 2.45) is 0 Å². The van der Waals surface area contributed by atoms with Crippen LogP contribution in [0.15, 0.2) is 37.4 Å². The second kappa shape index (κ2) is 5.98. The maximum Gasteiger partial charge on any atom is 0.335 e. The standard InChI is InChI=1S/C11H6Br2N2O4S/c12-6-3-7(15(18)19)11(17)14(4-6)5-8(16)9-1-2-10(13)20-9/h1-4H,5H2. The smallest absolute Gasteiger partial charge is 0.301 e. The van der Waals surface area contributed by atoms with Gasteiger partial charge in [0.05, 0.1) is 20.1 Å². The molecule has 0 atom stereocenters. The molecule has 0 amide bonds. The highest BCUT2D eigenvalue weighted by molar-refractivity contribution is 9.11. The van der Waals surface area contributed by atoms with Gasteiger partial charge >= 0.3 is 11.2 Å². The number of thiophene rings is 1. The van der Waals surface area contributed by atoms with E-state index in [2.05, 4.69) is 31.9 Å². The summed E-state index contributed by atoms with van der Waals surface area (Å²) in [6.07, 6.45) is 1.36. The molecule has 0 radical (unpaired) electrons. The molecule has 0 bridgehead atoms. The first-order chi connectivity index (χ1) is 9.38. The van der Waals surface area contributed by atoms with Crippen molar-refractivity contribution in [1.82, 2.24) is 4.57 Å². The topological polar surface area (TPSA) is 82.2 Å². The molecule has 9 heteroatoms. The summed E-state index contributed by atoms with van der Waals surface area (Å²) in [6.45, 7) is -0.244. The molecule has 0 aliphatic rings. The van der Waals surface area contributed by atoms with Crippen LogP contribution in [0.3, 0.4) is 0 Å². The zero-order valence-corrected chi connectivity index (χ0v) is 13.7. The predicted molar refractivity (Wildman–Crippen MR) is 81.4 cm³/mol. The minimum atomic E-state index is -0.804. The van der Waals surface area contributed by atoms with Crippen LogP contribution in [0.25, 0.3) is 0 Å². The van der Waals surface area contributed by atoms with Crippen molar-refractivity contribution in [3.63, 3.8) is 0 Å². The van der Waals surface area contributed by atoms with Gasteiger partial charge in [0.1, 0.15) is 0 Å². The predicted octanol–water partition coefficient (Wildman–Crippen LogP) is 3.23. The van der Waals surface area contributed by atoms with Gasteiger partial charge in [0, 0.05) is 16.7 Å². The normalized spacial score (nSPS) is 10.5. The second-order valence-electron chi connectivity index (χ2n) is 3.76. The Balaban J connectivity index is 2.37. The molecule has 0 spiro atoms. The lowest BCUT2D eigenvalue weighted by atomic mass is 10.3.